The molecule has 0 aromatic heterocycles. The molecule has 0 radical (unpaired) electrons. The molecule has 0 unspecified atom stereocenters. The minimum atomic E-state index is -1.08. The number of rotatable bonds is 8. The highest BCUT2D eigenvalue weighted by molar-refractivity contribution is 6.32. The van der Waals surface area contributed by atoms with Crippen LogP contribution in [0, 0.1) is 20.8 Å². The van der Waals surface area contributed by atoms with E-state index in [2.05, 4.69) is 6.07 Å². The fourth-order valence-corrected chi connectivity index (χ4v) is 2.79. The van der Waals surface area contributed by atoms with Gasteiger partial charge in [-0.05, 0) is 56.5 Å². The number of carboxylic acid groups (broad SMARTS) is 1. The van der Waals surface area contributed by atoms with E-state index in [0.29, 0.717) is 24.7 Å². The minimum Gasteiger partial charge on any atom is -0.490 e. The molecule has 1 N–H and O–H groups in total. The zero-order valence-electron chi connectivity index (χ0n) is 15.4. The van der Waals surface area contributed by atoms with Crippen LogP contribution in [0.4, 0.5) is 0 Å². The Labute approximate surface area is 158 Å². The van der Waals surface area contributed by atoms with Crippen LogP contribution in [0.15, 0.2) is 24.3 Å². The summed E-state index contributed by atoms with van der Waals surface area (Å²) in [5, 5.41) is 9.32. The Bertz CT molecular complexity index is 801. The first kappa shape index (κ1) is 19.9. The molecule has 0 atom stereocenters. The van der Waals surface area contributed by atoms with Crippen LogP contribution in [0.3, 0.4) is 0 Å². The molecule has 0 bridgehead atoms. The zero-order valence-corrected chi connectivity index (χ0v) is 16.1. The van der Waals surface area contributed by atoms with Gasteiger partial charge in [-0.15, -0.1) is 0 Å². The normalized spacial score (nSPS) is 10.5. The zero-order chi connectivity index (χ0) is 19.3. The molecule has 140 valence electrons. The number of carboxylic acids is 1. The SMILES string of the molecule is CCOc1cc(C(=O)O)cc(Cl)c1OCCOc1c(C)ccc(C)c1C. The number of aromatic carboxylic acids is 1. The second kappa shape index (κ2) is 8.81. The fraction of sp³-hybridized carbons (Fsp3) is 0.350. The van der Waals surface area contributed by atoms with E-state index in [1.807, 2.05) is 26.8 Å². The molecule has 0 saturated carbocycles. The molecule has 5 nitrogen and oxygen atoms in total. The van der Waals surface area contributed by atoms with E-state index >= 15 is 0 Å². The standard InChI is InChI=1S/C20H23ClO5/c1-5-24-17-11-15(20(22)23)10-16(21)19(17)26-9-8-25-18-13(3)7-6-12(2)14(18)4/h6-7,10-11H,5,8-9H2,1-4H3,(H,22,23). The first-order valence-corrected chi connectivity index (χ1v) is 8.75. The molecule has 2 aromatic rings. The lowest BCUT2D eigenvalue weighted by Gasteiger charge is -2.16. The topological polar surface area (TPSA) is 65.0 Å². The Kier molecular flexibility index (Phi) is 6.75. The molecule has 0 amide bonds. The quantitative estimate of drug-likeness (QED) is 0.667. The summed E-state index contributed by atoms with van der Waals surface area (Å²) in [4.78, 5) is 11.2. The van der Waals surface area contributed by atoms with Gasteiger partial charge in [0.2, 0.25) is 0 Å². The smallest absolute Gasteiger partial charge is 0.335 e. The van der Waals surface area contributed by atoms with E-state index in [4.69, 9.17) is 30.9 Å². The summed E-state index contributed by atoms with van der Waals surface area (Å²) in [6.07, 6.45) is 0. The highest BCUT2D eigenvalue weighted by Crippen LogP contribution is 2.36. The Morgan fingerprint density at radius 2 is 1.62 bits per heavy atom. The highest BCUT2D eigenvalue weighted by Gasteiger charge is 2.16. The van der Waals surface area contributed by atoms with Crippen molar-refractivity contribution in [2.75, 3.05) is 19.8 Å². The number of carbonyl (C=O) groups is 1. The van der Waals surface area contributed by atoms with Gasteiger partial charge < -0.3 is 19.3 Å². The predicted octanol–water partition coefficient (Wildman–Crippen LogP) is 4.82. The lowest BCUT2D eigenvalue weighted by molar-refractivity contribution is 0.0696. The van der Waals surface area contributed by atoms with Crippen molar-refractivity contribution >= 4 is 17.6 Å². The maximum atomic E-state index is 11.2. The highest BCUT2D eigenvalue weighted by atomic mass is 35.5. The monoisotopic (exact) mass is 378 g/mol. The van der Waals surface area contributed by atoms with Gasteiger partial charge in [-0.2, -0.15) is 0 Å². The van der Waals surface area contributed by atoms with Gasteiger partial charge in [-0.1, -0.05) is 23.7 Å². The number of ether oxygens (including phenoxy) is 3. The van der Waals surface area contributed by atoms with Crippen molar-refractivity contribution in [1.82, 2.24) is 0 Å². The van der Waals surface area contributed by atoms with Crippen molar-refractivity contribution in [2.45, 2.75) is 27.7 Å². The Hall–Kier alpha value is -2.40. The first-order valence-electron chi connectivity index (χ1n) is 8.37. The van der Waals surface area contributed by atoms with Crippen molar-refractivity contribution in [1.29, 1.82) is 0 Å². The van der Waals surface area contributed by atoms with E-state index in [9.17, 15) is 4.79 Å². The fourth-order valence-electron chi connectivity index (χ4n) is 2.53. The molecule has 0 aliphatic rings. The Morgan fingerprint density at radius 3 is 2.23 bits per heavy atom. The summed E-state index contributed by atoms with van der Waals surface area (Å²) in [5.74, 6) is 0.402. The van der Waals surface area contributed by atoms with Gasteiger partial charge in [0.1, 0.15) is 19.0 Å². The van der Waals surface area contributed by atoms with Crippen LogP contribution in [-0.2, 0) is 0 Å². The molecule has 0 fully saturated rings. The van der Waals surface area contributed by atoms with Gasteiger partial charge in [0.25, 0.3) is 0 Å². The molecular formula is C20H23ClO5. The van der Waals surface area contributed by atoms with Crippen LogP contribution in [-0.4, -0.2) is 30.9 Å². The Morgan fingerprint density at radius 1 is 1.00 bits per heavy atom. The molecular weight excluding hydrogens is 356 g/mol. The summed E-state index contributed by atoms with van der Waals surface area (Å²) >= 11 is 6.17. The van der Waals surface area contributed by atoms with E-state index in [0.717, 1.165) is 22.4 Å². The van der Waals surface area contributed by atoms with Gasteiger partial charge in [0.05, 0.1) is 17.2 Å². The molecule has 2 aromatic carbocycles. The summed E-state index contributed by atoms with van der Waals surface area (Å²) in [5.41, 5.74) is 3.38. The largest absolute Gasteiger partial charge is 0.490 e. The third-order valence-electron chi connectivity index (χ3n) is 4.01. The molecule has 2 rings (SSSR count). The molecule has 0 aliphatic heterocycles. The van der Waals surface area contributed by atoms with Crippen molar-refractivity contribution in [3.8, 4) is 17.2 Å². The summed E-state index contributed by atoms with van der Waals surface area (Å²) in [7, 11) is 0. The number of hydrogen-bond acceptors (Lipinski definition) is 4. The van der Waals surface area contributed by atoms with Crippen LogP contribution in [0.1, 0.15) is 34.0 Å². The van der Waals surface area contributed by atoms with Crippen LogP contribution >= 0.6 is 11.6 Å². The predicted molar refractivity (Wildman–Crippen MR) is 101 cm³/mol. The van der Waals surface area contributed by atoms with E-state index in [-0.39, 0.29) is 17.2 Å². The Balaban J connectivity index is 2.08. The second-order valence-corrected chi connectivity index (χ2v) is 6.28. The lowest BCUT2D eigenvalue weighted by atomic mass is 10.1. The average Bonchev–Trinajstić information content (AvgIpc) is 2.59. The third-order valence-corrected chi connectivity index (χ3v) is 4.29. The maximum absolute atomic E-state index is 11.2. The van der Waals surface area contributed by atoms with Gasteiger partial charge >= 0.3 is 5.97 Å². The summed E-state index contributed by atoms with van der Waals surface area (Å²) in [6, 6.07) is 6.83. The molecule has 0 heterocycles. The van der Waals surface area contributed by atoms with Gasteiger partial charge in [-0.25, -0.2) is 4.79 Å². The minimum absolute atomic E-state index is 0.0491. The van der Waals surface area contributed by atoms with Crippen molar-refractivity contribution in [2.24, 2.45) is 0 Å². The number of halogens is 1. The van der Waals surface area contributed by atoms with Gasteiger partial charge in [0.15, 0.2) is 11.5 Å². The number of hydrogen-bond donors (Lipinski definition) is 1. The van der Waals surface area contributed by atoms with E-state index < -0.39 is 5.97 Å². The number of aryl methyl sites for hydroxylation is 2. The lowest BCUT2D eigenvalue weighted by Crippen LogP contribution is -2.12. The van der Waals surface area contributed by atoms with Gasteiger partial charge in [0, 0.05) is 0 Å². The summed E-state index contributed by atoms with van der Waals surface area (Å²) in [6.45, 7) is 8.80. The molecule has 6 heteroatoms. The molecule has 26 heavy (non-hydrogen) atoms. The molecule has 0 spiro atoms. The van der Waals surface area contributed by atoms with Crippen molar-refractivity contribution < 1.29 is 24.1 Å². The van der Waals surface area contributed by atoms with E-state index in [1.54, 1.807) is 6.92 Å². The van der Waals surface area contributed by atoms with Crippen LogP contribution < -0.4 is 14.2 Å². The first-order chi connectivity index (χ1) is 12.3. The number of benzene rings is 2. The molecule has 0 aliphatic carbocycles. The second-order valence-electron chi connectivity index (χ2n) is 5.87. The third kappa shape index (κ3) is 4.61. The molecule has 0 saturated heterocycles. The van der Waals surface area contributed by atoms with Crippen molar-refractivity contribution in [3.63, 3.8) is 0 Å². The van der Waals surface area contributed by atoms with Gasteiger partial charge in [-0.3, -0.25) is 0 Å². The maximum Gasteiger partial charge on any atom is 0.335 e. The summed E-state index contributed by atoms with van der Waals surface area (Å²) < 4.78 is 17.0. The van der Waals surface area contributed by atoms with Crippen LogP contribution in [0.25, 0.3) is 0 Å². The van der Waals surface area contributed by atoms with Crippen molar-refractivity contribution in [3.05, 3.63) is 51.5 Å². The van der Waals surface area contributed by atoms with E-state index in [1.165, 1.54) is 12.1 Å². The van der Waals surface area contributed by atoms with Crippen LogP contribution in [0.5, 0.6) is 17.2 Å². The van der Waals surface area contributed by atoms with Crippen LogP contribution in [0.2, 0.25) is 5.02 Å². The average molecular weight is 379 g/mol.